The van der Waals surface area contributed by atoms with Gasteiger partial charge in [-0.3, -0.25) is 4.90 Å². The van der Waals surface area contributed by atoms with Crippen LogP contribution >= 0.6 is 15.9 Å². The molecule has 0 bridgehead atoms. The Morgan fingerprint density at radius 3 is 2.59 bits per heavy atom. The van der Waals surface area contributed by atoms with Gasteiger partial charge >= 0.3 is 0 Å². The summed E-state index contributed by atoms with van der Waals surface area (Å²) in [5, 5.41) is 0. The van der Waals surface area contributed by atoms with Crippen LogP contribution in [0.15, 0.2) is 22.7 Å². The molecule has 1 aliphatic rings. The van der Waals surface area contributed by atoms with Crippen molar-refractivity contribution in [1.29, 1.82) is 0 Å². The molecule has 0 aliphatic carbocycles. The van der Waals surface area contributed by atoms with Crippen molar-refractivity contribution in [3.8, 4) is 0 Å². The average molecular weight is 297 g/mol. The molecule has 1 unspecified atom stereocenters. The number of nitrogens with two attached hydrogens (primary N) is 1. The molecule has 17 heavy (non-hydrogen) atoms. The maximum Gasteiger partial charge on any atom is 0.0470 e. The van der Waals surface area contributed by atoms with E-state index < -0.39 is 0 Å². The van der Waals surface area contributed by atoms with Crippen LogP contribution in [-0.2, 0) is 0 Å². The highest BCUT2D eigenvalue weighted by molar-refractivity contribution is 9.10. The number of piperidine rings is 1. The summed E-state index contributed by atoms with van der Waals surface area (Å²) in [6.07, 6.45) is 3.99. The zero-order chi connectivity index (χ0) is 12.3. The van der Waals surface area contributed by atoms with Crippen LogP contribution in [0.1, 0.15) is 36.4 Å². The van der Waals surface area contributed by atoms with Gasteiger partial charge in [0.2, 0.25) is 0 Å². The largest absolute Gasteiger partial charge is 0.329 e. The fraction of sp³-hybridized carbons (Fsp3) is 0.571. The van der Waals surface area contributed by atoms with Crippen LogP contribution in [0, 0.1) is 6.92 Å². The summed E-state index contributed by atoms with van der Waals surface area (Å²) in [6.45, 7) is 5.23. The topological polar surface area (TPSA) is 29.3 Å². The highest BCUT2D eigenvalue weighted by atomic mass is 79.9. The molecule has 1 aliphatic heterocycles. The second kappa shape index (κ2) is 5.98. The third-order valence-corrected chi connectivity index (χ3v) is 4.51. The molecule has 0 spiro atoms. The van der Waals surface area contributed by atoms with E-state index in [2.05, 4.69) is 46.0 Å². The predicted octanol–water partition coefficient (Wildman–Crippen LogP) is 3.24. The molecule has 2 N–H and O–H groups in total. The third kappa shape index (κ3) is 3.09. The molecule has 1 heterocycles. The Kier molecular flexibility index (Phi) is 4.60. The van der Waals surface area contributed by atoms with Gasteiger partial charge in [0, 0.05) is 17.1 Å². The zero-order valence-electron chi connectivity index (χ0n) is 10.5. The Labute approximate surface area is 112 Å². The first-order valence-corrected chi connectivity index (χ1v) is 7.22. The number of rotatable bonds is 3. The molecule has 0 saturated carbocycles. The van der Waals surface area contributed by atoms with Crippen molar-refractivity contribution < 1.29 is 0 Å². The Balaban J connectivity index is 2.18. The minimum atomic E-state index is 0.391. The number of aryl methyl sites for hydroxylation is 1. The predicted molar refractivity (Wildman–Crippen MR) is 76.1 cm³/mol. The van der Waals surface area contributed by atoms with Crippen molar-refractivity contribution in [2.45, 2.75) is 32.2 Å². The van der Waals surface area contributed by atoms with Crippen LogP contribution in [0.2, 0.25) is 0 Å². The van der Waals surface area contributed by atoms with Crippen molar-refractivity contribution in [2.75, 3.05) is 19.6 Å². The van der Waals surface area contributed by atoms with E-state index in [0.29, 0.717) is 12.6 Å². The van der Waals surface area contributed by atoms with Crippen molar-refractivity contribution in [3.63, 3.8) is 0 Å². The van der Waals surface area contributed by atoms with Gasteiger partial charge in [-0.2, -0.15) is 0 Å². The van der Waals surface area contributed by atoms with Crippen molar-refractivity contribution in [3.05, 3.63) is 33.8 Å². The molecule has 0 aromatic heterocycles. The Morgan fingerprint density at radius 2 is 2.00 bits per heavy atom. The quantitative estimate of drug-likeness (QED) is 0.928. The lowest BCUT2D eigenvalue weighted by molar-refractivity contribution is 0.167. The smallest absolute Gasteiger partial charge is 0.0470 e. The molecule has 1 aromatic carbocycles. The summed E-state index contributed by atoms with van der Waals surface area (Å²) < 4.78 is 1.18. The van der Waals surface area contributed by atoms with Crippen molar-refractivity contribution in [1.82, 2.24) is 4.90 Å². The summed E-state index contributed by atoms with van der Waals surface area (Å²) in [7, 11) is 0. The van der Waals surface area contributed by atoms with Gasteiger partial charge in [-0.25, -0.2) is 0 Å². The number of nitrogens with zero attached hydrogens (tertiary/aromatic N) is 1. The first kappa shape index (κ1) is 13.1. The maximum atomic E-state index is 5.97. The second-order valence-corrected chi connectivity index (χ2v) is 5.71. The summed E-state index contributed by atoms with van der Waals surface area (Å²) in [6, 6.07) is 6.98. The van der Waals surface area contributed by atoms with Gasteiger partial charge in [0.15, 0.2) is 0 Å². The van der Waals surface area contributed by atoms with E-state index in [1.54, 1.807) is 0 Å². The van der Waals surface area contributed by atoms with E-state index in [9.17, 15) is 0 Å². The molecular formula is C14H21BrN2. The van der Waals surface area contributed by atoms with Crippen molar-refractivity contribution in [2.24, 2.45) is 5.73 Å². The molecular weight excluding hydrogens is 276 g/mol. The number of hydrogen-bond donors (Lipinski definition) is 1. The maximum absolute atomic E-state index is 5.97. The lowest BCUT2D eigenvalue weighted by atomic mass is 10.0. The zero-order valence-corrected chi connectivity index (χ0v) is 12.0. The van der Waals surface area contributed by atoms with E-state index in [4.69, 9.17) is 5.73 Å². The normalized spacial score (nSPS) is 19.2. The first-order chi connectivity index (χ1) is 8.22. The Morgan fingerprint density at radius 1 is 1.29 bits per heavy atom. The fourth-order valence-electron chi connectivity index (χ4n) is 2.60. The molecule has 1 aromatic rings. The van der Waals surface area contributed by atoms with Crippen LogP contribution in [0.4, 0.5) is 0 Å². The van der Waals surface area contributed by atoms with Gasteiger partial charge in [0.25, 0.3) is 0 Å². The number of likely N-dealkylation sites (tertiary alicyclic amines) is 1. The van der Waals surface area contributed by atoms with Gasteiger partial charge < -0.3 is 5.73 Å². The standard InChI is InChI=1S/C14H21BrN2/c1-11-9-12(5-6-13(11)15)14(10-16)17-7-3-2-4-8-17/h5-6,9,14H,2-4,7-8,10,16H2,1H3. The fourth-order valence-corrected chi connectivity index (χ4v) is 2.85. The molecule has 1 atom stereocenters. The second-order valence-electron chi connectivity index (χ2n) is 4.86. The van der Waals surface area contributed by atoms with Gasteiger partial charge in [-0.1, -0.05) is 34.5 Å². The monoisotopic (exact) mass is 296 g/mol. The van der Waals surface area contributed by atoms with Crippen LogP contribution < -0.4 is 5.73 Å². The van der Waals surface area contributed by atoms with Gasteiger partial charge in [-0.05, 0) is 50.0 Å². The summed E-state index contributed by atoms with van der Waals surface area (Å²) in [5.41, 5.74) is 8.62. The lowest BCUT2D eigenvalue weighted by Crippen LogP contribution is -2.37. The molecule has 0 amide bonds. The minimum absolute atomic E-state index is 0.391. The van der Waals surface area contributed by atoms with Crippen LogP contribution in [0.5, 0.6) is 0 Å². The third-order valence-electron chi connectivity index (χ3n) is 3.62. The molecule has 0 radical (unpaired) electrons. The van der Waals surface area contributed by atoms with E-state index in [1.807, 2.05) is 0 Å². The van der Waals surface area contributed by atoms with E-state index in [0.717, 1.165) is 0 Å². The first-order valence-electron chi connectivity index (χ1n) is 6.42. The van der Waals surface area contributed by atoms with Crippen LogP contribution in [0.25, 0.3) is 0 Å². The molecule has 1 saturated heterocycles. The lowest BCUT2D eigenvalue weighted by Gasteiger charge is -2.34. The number of hydrogen-bond acceptors (Lipinski definition) is 2. The SMILES string of the molecule is Cc1cc(C(CN)N2CCCCC2)ccc1Br. The molecule has 1 fully saturated rings. The molecule has 3 heteroatoms. The van der Waals surface area contributed by atoms with Gasteiger partial charge in [0.1, 0.15) is 0 Å². The van der Waals surface area contributed by atoms with Crippen LogP contribution in [0.3, 0.4) is 0 Å². The van der Waals surface area contributed by atoms with Crippen molar-refractivity contribution >= 4 is 15.9 Å². The van der Waals surface area contributed by atoms with E-state index >= 15 is 0 Å². The Bertz CT molecular complexity index is 372. The van der Waals surface area contributed by atoms with E-state index in [-0.39, 0.29) is 0 Å². The minimum Gasteiger partial charge on any atom is -0.329 e. The molecule has 2 rings (SSSR count). The highest BCUT2D eigenvalue weighted by Crippen LogP contribution is 2.26. The van der Waals surface area contributed by atoms with Gasteiger partial charge in [0.05, 0.1) is 0 Å². The summed E-state index contributed by atoms with van der Waals surface area (Å²) in [4.78, 5) is 2.53. The molecule has 94 valence electrons. The van der Waals surface area contributed by atoms with Gasteiger partial charge in [-0.15, -0.1) is 0 Å². The summed E-state index contributed by atoms with van der Waals surface area (Å²) >= 11 is 3.55. The number of benzene rings is 1. The molecule has 2 nitrogen and oxygen atoms in total. The average Bonchev–Trinajstić information content (AvgIpc) is 2.36. The van der Waals surface area contributed by atoms with Crippen LogP contribution in [-0.4, -0.2) is 24.5 Å². The summed E-state index contributed by atoms with van der Waals surface area (Å²) in [5.74, 6) is 0. The Hall–Kier alpha value is -0.380. The van der Waals surface area contributed by atoms with E-state index in [1.165, 1.54) is 48.0 Å². The highest BCUT2D eigenvalue weighted by Gasteiger charge is 2.21. The number of halogens is 1.